The lowest BCUT2D eigenvalue weighted by atomic mass is 9.81. The number of fused-ring (bicyclic) bond motifs is 2. The molecule has 3 heteroatoms. The van der Waals surface area contributed by atoms with Crippen LogP contribution in [0.25, 0.3) is 0 Å². The Bertz CT molecular complexity index is 753. The lowest BCUT2D eigenvalue weighted by molar-refractivity contribution is -0.120. The van der Waals surface area contributed by atoms with E-state index in [2.05, 4.69) is 18.2 Å². The van der Waals surface area contributed by atoms with Crippen LogP contribution in [0.3, 0.4) is 0 Å². The molecule has 2 aromatic rings. The molecule has 0 saturated heterocycles. The summed E-state index contributed by atoms with van der Waals surface area (Å²) in [7, 11) is 0. The summed E-state index contributed by atoms with van der Waals surface area (Å²) in [6, 6.07) is 14.3. The minimum absolute atomic E-state index is 0.00710. The van der Waals surface area contributed by atoms with E-state index in [1.165, 1.54) is 11.1 Å². The first-order valence-corrected chi connectivity index (χ1v) is 8.52. The standard InChI is InChI=1S/C20H22N2O/c21-18-11-4-12-19-17(18)10-5-13-22(19)20(23)16-9-3-7-14-6-1-2-8-15(14)16/h1-2,4,6,8,11-12,16H,3,5,7,9-10,13,21H2. The highest BCUT2D eigenvalue weighted by Crippen LogP contribution is 2.37. The molecule has 1 aliphatic heterocycles. The summed E-state index contributed by atoms with van der Waals surface area (Å²) in [5.41, 5.74) is 11.6. The van der Waals surface area contributed by atoms with Gasteiger partial charge in [-0.3, -0.25) is 4.79 Å². The Balaban J connectivity index is 1.71. The average Bonchev–Trinajstić information content (AvgIpc) is 2.60. The van der Waals surface area contributed by atoms with Gasteiger partial charge in [0.1, 0.15) is 0 Å². The number of amides is 1. The van der Waals surface area contributed by atoms with Gasteiger partial charge in [-0.1, -0.05) is 30.3 Å². The van der Waals surface area contributed by atoms with E-state index in [0.717, 1.165) is 55.6 Å². The molecule has 2 aliphatic rings. The van der Waals surface area contributed by atoms with Crippen LogP contribution in [0.2, 0.25) is 0 Å². The second kappa shape index (κ2) is 5.73. The van der Waals surface area contributed by atoms with Gasteiger partial charge in [0.2, 0.25) is 5.91 Å². The molecule has 1 aliphatic carbocycles. The van der Waals surface area contributed by atoms with E-state index >= 15 is 0 Å². The topological polar surface area (TPSA) is 46.3 Å². The van der Waals surface area contributed by atoms with E-state index in [4.69, 9.17) is 5.73 Å². The zero-order chi connectivity index (χ0) is 15.8. The summed E-state index contributed by atoms with van der Waals surface area (Å²) in [4.78, 5) is 15.2. The normalized spacial score (nSPS) is 19.8. The fourth-order valence-electron chi connectivity index (χ4n) is 4.08. The molecule has 23 heavy (non-hydrogen) atoms. The van der Waals surface area contributed by atoms with Crippen LogP contribution in [-0.4, -0.2) is 12.5 Å². The number of anilines is 2. The van der Waals surface area contributed by atoms with Crippen molar-refractivity contribution in [1.29, 1.82) is 0 Å². The van der Waals surface area contributed by atoms with Crippen molar-refractivity contribution in [2.45, 2.75) is 38.0 Å². The molecule has 2 aromatic carbocycles. The third kappa shape index (κ3) is 2.40. The fourth-order valence-corrected chi connectivity index (χ4v) is 4.08. The number of aryl methyl sites for hydroxylation is 1. The molecule has 0 spiro atoms. The Kier molecular flexibility index (Phi) is 3.56. The van der Waals surface area contributed by atoms with Gasteiger partial charge in [-0.25, -0.2) is 0 Å². The molecule has 1 heterocycles. The summed E-state index contributed by atoms with van der Waals surface area (Å²) in [5.74, 6) is 0.232. The summed E-state index contributed by atoms with van der Waals surface area (Å²) in [6.07, 6.45) is 5.08. The summed E-state index contributed by atoms with van der Waals surface area (Å²) < 4.78 is 0. The smallest absolute Gasteiger partial charge is 0.234 e. The SMILES string of the molecule is Nc1cccc2c1CCCN2C(=O)C1CCCc2ccccc21. The van der Waals surface area contributed by atoms with E-state index in [1.807, 2.05) is 29.2 Å². The van der Waals surface area contributed by atoms with Gasteiger partial charge < -0.3 is 10.6 Å². The largest absolute Gasteiger partial charge is 0.398 e. The minimum atomic E-state index is -0.00710. The monoisotopic (exact) mass is 306 g/mol. The molecule has 0 aromatic heterocycles. The third-order valence-corrected chi connectivity index (χ3v) is 5.22. The van der Waals surface area contributed by atoms with Crippen LogP contribution in [0.15, 0.2) is 42.5 Å². The quantitative estimate of drug-likeness (QED) is 0.817. The lowest BCUT2D eigenvalue weighted by Crippen LogP contribution is -2.40. The highest BCUT2D eigenvalue weighted by molar-refractivity contribution is 6.00. The lowest BCUT2D eigenvalue weighted by Gasteiger charge is -2.35. The molecule has 1 amide bonds. The molecule has 0 saturated carbocycles. The number of nitrogens with zero attached hydrogens (tertiary/aromatic N) is 1. The van der Waals surface area contributed by atoms with Crippen molar-refractivity contribution in [3.8, 4) is 0 Å². The minimum Gasteiger partial charge on any atom is -0.398 e. The van der Waals surface area contributed by atoms with Crippen molar-refractivity contribution in [3.63, 3.8) is 0 Å². The van der Waals surface area contributed by atoms with Gasteiger partial charge in [-0.15, -0.1) is 0 Å². The summed E-state index contributed by atoms with van der Waals surface area (Å²) >= 11 is 0. The van der Waals surface area contributed by atoms with Gasteiger partial charge in [-0.05, 0) is 60.9 Å². The molecule has 2 N–H and O–H groups in total. The zero-order valence-corrected chi connectivity index (χ0v) is 13.3. The highest BCUT2D eigenvalue weighted by Gasteiger charge is 2.32. The Morgan fingerprint density at radius 2 is 1.91 bits per heavy atom. The average molecular weight is 306 g/mol. The van der Waals surface area contributed by atoms with E-state index in [-0.39, 0.29) is 11.8 Å². The van der Waals surface area contributed by atoms with Crippen LogP contribution < -0.4 is 10.6 Å². The number of hydrogen-bond donors (Lipinski definition) is 1. The number of carbonyl (C=O) groups excluding carboxylic acids is 1. The zero-order valence-electron chi connectivity index (χ0n) is 13.3. The van der Waals surface area contributed by atoms with Crippen LogP contribution in [0.4, 0.5) is 11.4 Å². The van der Waals surface area contributed by atoms with Gasteiger partial charge in [-0.2, -0.15) is 0 Å². The van der Waals surface area contributed by atoms with Gasteiger partial charge in [0.25, 0.3) is 0 Å². The predicted octanol–water partition coefficient (Wildman–Crippen LogP) is 3.67. The van der Waals surface area contributed by atoms with Crippen LogP contribution in [0.5, 0.6) is 0 Å². The number of nitrogens with two attached hydrogens (primary N) is 1. The number of benzene rings is 2. The van der Waals surface area contributed by atoms with Gasteiger partial charge >= 0.3 is 0 Å². The maximum absolute atomic E-state index is 13.3. The van der Waals surface area contributed by atoms with Gasteiger partial charge in [0.15, 0.2) is 0 Å². The Hall–Kier alpha value is -2.29. The van der Waals surface area contributed by atoms with E-state index < -0.39 is 0 Å². The van der Waals surface area contributed by atoms with E-state index in [9.17, 15) is 4.79 Å². The van der Waals surface area contributed by atoms with Crippen molar-refractivity contribution in [2.75, 3.05) is 17.2 Å². The molecule has 0 bridgehead atoms. The number of carbonyl (C=O) groups is 1. The molecule has 4 rings (SSSR count). The molecule has 0 fully saturated rings. The van der Waals surface area contributed by atoms with Crippen molar-refractivity contribution >= 4 is 17.3 Å². The van der Waals surface area contributed by atoms with E-state index in [1.54, 1.807) is 0 Å². The molecular formula is C20H22N2O. The van der Waals surface area contributed by atoms with Crippen molar-refractivity contribution < 1.29 is 4.79 Å². The van der Waals surface area contributed by atoms with Crippen LogP contribution in [-0.2, 0) is 17.6 Å². The second-order valence-electron chi connectivity index (χ2n) is 6.58. The van der Waals surface area contributed by atoms with Gasteiger partial charge in [0.05, 0.1) is 5.92 Å². The maximum Gasteiger partial charge on any atom is 0.234 e. The van der Waals surface area contributed by atoms with Crippen molar-refractivity contribution in [3.05, 3.63) is 59.2 Å². The summed E-state index contributed by atoms with van der Waals surface area (Å²) in [6.45, 7) is 0.800. The number of hydrogen-bond acceptors (Lipinski definition) is 2. The Labute approximate surface area is 137 Å². The molecular weight excluding hydrogens is 284 g/mol. The van der Waals surface area contributed by atoms with Crippen LogP contribution in [0.1, 0.15) is 41.9 Å². The highest BCUT2D eigenvalue weighted by atomic mass is 16.2. The van der Waals surface area contributed by atoms with Crippen molar-refractivity contribution in [2.24, 2.45) is 0 Å². The first kappa shape index (κ1) is 14.3. The predicted molar refractivity (Wildman–Crippen MR) is 93.6 cm³/mol. The summed E-state index contributed by atoms with van der Waals surface area (Å²) in [5, 5.41) is 0. The van der Waals surface area contributed by atoms with Crippen LogP contribution in [0, 0.1) is 0 Å². The third-order valence-electron chi connectivity index (χ3n) is 5.22. The van der Waals surface area contributed by atoms with Gasteiger partial charge in [0, 0.05) is 17.9 Å². The molecule has 1 unspecified atom stereocenters. The maximum atomic E-state index is 13.3. The first-order valence-electron chi connectivity index (χ1n) is 8.52. The second-order valence-corrected chi connectivity index (χ2v) is 6.58. The fraction of sp³-hybridized carbons (Fsp3) is 0.350. The first-order chi connectivity index (χ1) is 11.3. The Morgan fingerprint density at radius 1 is 1.04 bits per heavy atom. The molecule has 0 radical (unpaired) electrons. The van der Waals surface area contributed by atoms with Crippen molar-refractivity contribution in [1.82, 2.24) is 0 Å². The number of rotatable bonds is 1. The Morgan fingerprint density at radius 3 is 2.83 bits per heavy atom. The molecule has 3 nitrogen and oxygen atoms in total. The van der Waals surface area contributed by atoms with E-state index in [0.29, 0.717) is 0 Å². The molecule has 118 valence electrons. The van der Waals surface area contributed by atoms with Crippen LogP contribution >= 0.6 is 0 Å². The number of nitrogen functional groups attached to an aromatic ring is 1. The molecule has 1 atom stereocenters.